The molecule has 1 saturated carbocycles. The lowest BCUT2D eigenvalue weighted by molar-refractivity contribution is -0.125. The van der Waals surface area contributed by atoms with Gasteiger partial charge in [0.05, 0.1) is 24.1 Å². The Morgan fingerprint density at radius 2 is 2.14 bits per heavy atom. The third-order valence-corrected chi connectivity index (χ3v) is 3.51. The van der Waals surface area contributed by atoms with Crippen LogP contribution in [0.5, 0.6) is 0 Å². The van der Waals surface area contributed by atoms with Crippen molar-refractivity contribution in [2.24, 2.45) is 11.8 Å². The predicted octanol–water partition coefficient (Wildman–Crippen LogP) is 1.27. The predicted molar refractivity (Wildman–Crippen MR) is 77.6 cm³/mol. The molecule has 0 bridgehead atoms. The summed E-state index contributed by atoms with van der Waals surface area (Å²) in [5, 5.41) is 9.14. The van der Waals surface area contributed by atoms with E-state index < -0.39 is 0 Å². The van der Waals surface area contributed by atoms with Gasteiger partial charge in [-0.25, -0.2) is 0 Å². The van der Waals surface area contributed by atoms with Crippen molar-refractivity contribution in [1.29, 1.82) is 0 Å². The van der Waals surface area contributed by atoms with Crippen LogP contribution in [-0.4, -0.2) is 22.0 Å². The molecule has 2 unspecified atom stereocenters. The number of pyridine rings is 1. The van der Waals surface area contributed by atoms with Gasteiger partial charge in [0.2, 0.25) is 11.8 Å². The lowest BCUT2D eigenvalue weighted by Gasteiger charge is -2.04. The molecule has 0 spiro atoms. The van der Waals surface area contributed by atoms with Crippen LogP contribution in [0.4, 0.5) is 5.82 Å². The van der Waals surface area contributed by atoms with Crippen molar-refractivity contribution in [3.8, 4) is 0 Å². The van der Waals surface area contributed by atoms with Gasteiger partial charge in [0.15, 0.2) is 5.82 Å². The van der Waals surface area contributed by atoms with E-state index in [-0.39, 0.29) is 23.7 Å². The van der Waals surface area contributed by atoms with Gasteiger partial charge < -0.3 is 15.2 Å². The quantitative estimate of drug-likeness (QED) is 0.866. The molecule has 2 heterocycles. The van der Waals surface area contributed by atoms with Gasteiger partial charge in [-0.15, -0.1) is 0 Å². The number of nitrogens with one attached hydrogen (secondary N) is 2. The zero-order valence-electron chi connectivity index (χ0n) is 12.1. The van der Waals surface area contributed by atoms with Crippen LogP contribution in [0.3, 0.4) is 0 Å². The molecule has 22 heavy (non-hydrogen) atoms. The molecule has 7 nitrogen and oxygen atoms in total. The number of carbonyl (C=O) groups excluding carboxylic acids is 2. The number of anilines is 1. The van der Waals surface area contributed by atoms with Gasteiger partial charge in [-0.05, 0) is 25.5 Å². The van der Waals surface area contributed by atoms with Gasteiger partial charge in [-0.2, -0.15) is 0 Å². The maximum atomic E-state index is 12.0. The fraction of sp³-hybridized carbons (Fsp3) is 0.333. The minimum Gasteiger partial charge on any atom is -0.360 e. The number of amides is 2. The summed E-state index contributed by atoms with van der Waals surface area (Å²) in [5.41, 5.74) is 0.788. The lowest BCUT2D eigenvalue weighted by Crippen LogP contribution is -2.27. The van der Waals surface area contributed by atoms with Crippen LogP contribution < -0.4 is 10.6 Å². The highest BCUT2D eigenvalue weighted by atomic mass is 16.5. The Bertz CT molecular complexity index is 683. The van der Waals surface area contributed by atoms with Crippen LogP contribution in [0.2, 0.25) is 0 Å². The average Bonchev–Trinajstić information content (AvgIpc) is 3.23. The maximum Gasteiger partial charge on any atom is 0.229 e. The van der Waals surface area contributed by atoms with Crippen molar-refractivity contribution in [2.75, 3.05) is 5.32 Å². The van der Waals surface area contributed by atoms with E-state index in [1.165, 1.54) is 0 Å². The number of carbonyl (C=O) groups is 2. The molecule has 0 radical (unpaired) electrons. The molecule has 0 aromatic carbocycles. The third-order valence-electron chi connectivity index (χ3n) is 3.51. The number of nitrogens with zero attached hydrogens (tertiary/aromatic N) is 2. The number of aromatic nitrogens is 2. The number of aryl methyl sites for hydroxylation is 1. The topological polar surface area (TPSA) is 97.1 Å². The molecular weight excluding hydrogens is 284 g/mol. The fourth-order valence-corrected chi connectivity index (χ4v) is 2.23. The molecule has 2 atom stereocenters. The molecule has 114 valence electrons. The van der Waals surface area contributed by atoms with Gasteiger partial charge in [0, 0.05) is 12.3 Å². The molecular formula is C15H16N4O3. The van der Waals surface area contributed by atoms with Crippen LogP contribution in [0.25, 0.3) is 0 Å². The van der Waals surface area contributed by atoms with Crippen LogP contribution in [0, 0.1) is 18.8 Å². The molecule has 2 N–H and O–H groups in total. The SMILES string of the molecule is Cc1cc(NC(=O)C2CC2C(=O)NCc2ccccn2)no1. The first-order valence-electron chi connectivity index (χ1n) is 7.05. The van der Waals surface area contributed by atoms with Gasteiger partial charge in [0.25, 0.3) is 0 Å². The third kappa shape index (κ3) is 3.30. The Balaban J connectivity index is 1.47. The van der Waals surface area contributed by atoms with E-state index in [0.29, 0.717) is 24.5 Å². The summed E-state index contributed by atoms with van der Waals surface area (Å²) in [6, 6.07) is 7.15. The molecule has 1 aliphatic carbocycles. The summed E-state index contributed by atoms with van der Waals surface area (Å²) in [6.07, 6.45) is 2.23. The summed E-state index contributed by atoms with van der Waals surface area (Å²) in [5.74, 6) is 0.0867. The van der Waals surface area contributed by atoms with Gasteiger partial charge in [0.1, 0.15) is 5.76 Å². The van der Waals surface area contributed by atoms with Crippen LogP contribution in [0.15, 0.2) is 35.0 Å². The molecule has 7 heteroatoms. The van der Waals surface area contributed by atoms with Crippen molar-refractivity contribution < 1.29 is 14.1 Å². The van der Waals surface area contributed by atoms with Crippen LogP contribution in [-0.2, 0) is 16.1 Å². The van der Waals surface area contributed by atoms with E-state index in [1.807, 2.05) is 18.2 Å². The standard InChI is InChI=1S/C15H16N4O3/c1-9-6-13(19-22-9)18-15(21)12-7-11(12)14(20)17-8-10-4-2-3-5-16-10/h2-6,11-12H,7-8H2,1H3,(H,17,20)(H,18,19,21). The van der Waals surface area contributed by atoms with Crippen LogP contribution in [0.1, 0.15) is 17.9 Å². The number of hydrogen-bond donors (Lipinski definition) is 2. The van der Waals surface area contributed by atoms with Gasteiger partial charge in [-0.1, -0.05) is 11.2 Å². The smallest absolute Gasteiger partial charge is 0.229 e. The highest BCUT2D eigenvalue weighted by molar-refractivity contribution is 5.98. The van der Waals surface area contributed by atoms with E-state index in [0.717, 1.165) is 5.69 Å². The van der Waals surface area contributed by atoms with E-state index in [9.17, 15) is 9.59 Å². The van der Waals surface area contributed by atoms with Crippen LogP contribution >= 0.6 is 0 Å². The Hall–Kier alpha value is -2.70. The molecule has 2 aromatic heterocycles. The normalized spacial score (nSPS) is 19.5. The molecule has 2 amide bonds. The van der Waals surface area contributed by atoms with Crippen molar-refractivity contribution in [3.63, 3.8) is 0 Å². The minimum absolute atomic E-state index is 0.123. The van der Waals surface area contributed by atoms with E-state index in [1.54, 1.807) is 19.2 Å². The van der Waals surface area contributed by atoms with Crippen molar-refractivity contribution in [3.05, 3.63) is 41.9 Å². The Labute approximate surface area is 127 Å². The van der Waals surface area contributed by atoms with E-state index in [4.69, 9.17) is 4.52 Å². The second-order valence-corrected chi connectivity index (χ2v) is 5.30. The van der Waals surface area contributed by atoms with Gasteiger partial charge in [-0.3, -0.25) is 14.6 Å². The zero-order chi connectivity index (χ0) is 15.5. The first-order valence-corrected chi connectivity index (χ1v) is 7.05. The Morgan fingerprint density at radius 1 is 1.32 bits per heavy atom. The Kier molecular flexibility index (Phi) is 3.86. The number of hydrogen-bond acceptors (Lipinski definition) is 5. The summed E-state index contributed by atoms with van der Waals surface area (Å²) < 4.78 is 4.88. The molecule has 2 aromatic rings. The average molecular weight is 300 g/mol. The lowest BCUT2D eigenvalue weighted by atomic mass is 10.2. The molecule has 0 aliphatic heterocycles. The van der Waals surface area contributed by atoms with Crippen molar-refractivity contribution >= 4 is 17.6 Å². The van der Waals surface area contributed by atoms with E-state index >= 15 is 0 Å². The van der Waals surface area contributed by atoms with Crippen molar-refractivity contribution in [2.45, 2.75) is 19.9 Å². The first-order chi connectivity index (χ1) is 10.6. The molecule has 3 rings (SSSR count). The van der Waals surface area contributed by atoms with Gasteiger partial charge >= 0.3 is 0 Å². The summed E-state index contributed by atoms with van der Waals surface area (Å²) >= 11 is 0. The maximum absolute atomic E-state index is 12.0. The Morgan fingerprint density at radius 3 is 2.82 bits per heavy atom. The highest BCUT2D eigenvalue weighted by Gasteiger charge is 2.48. The molecule has 1 aliphatic rings. The fourth-order valence-electron chi connectivity index (χ4n) is 2.23. The number of rotatable bonds is 5. The molecule has 1 fully saturated rings. The second kappa shape index (κ2) is 5.97. The van der Waals surface area contributed by atoms with Crippen molar-refractivity contribution in [1.82, 2.24) is 15.5 Å². The minimum atomic E-state index is -0.305. The highest BCUT2D eigenvalue weighted by Crippen LogP contribution is 2.39. The second-order valence-electron chi connectivity index (χ2n) is 5.30. The summed E-state index contributed by atoms with van der Waals surface area (Å²) in [6.45, 7) is 2.11. The van der Waals surface area contributed by atoms with E-state index in [2.05, 4.69) is 20.8 Å². The first kappa shape index (κ1) is 14.2. The largest absolute Gasteiger partial charge is 0.360 e. The summed E-state index contributed by atoms with van der Waals surface area (Å²) in [7, 11) is 0. The monoisotopic (exact) mass is 300 g/mol. The zero-order valence-corrected chi connectivity index (χ0v) is 12.1. The molecule has 0 saturated heterocycles. The summed E-state index contributed by atoms with van der Waals surface area (Å²) in [4.78, 5) is 28.1.